The van der Waals surface area contributed by atoms with Crippen molar-refractivity contribution < 1.29 is 29.2 Å². The summed E-state index contributed by atoms with van der Waals surface area (Å²) in [6, 6.07) is 5.29. The second-order valence-corrected chi connectivity index (χ2v) is 8.59. The molecule has 2 unspecified atom stereocenters. The van der Waals surface area contributed by atoms with Gasteiger partial charge >= 0.3 is 6.09 Å². The van der Waals surface area contributed by atoms with Crippen molar-refractivity contribution in [3.63, 3.8) is 0 Å². The van der Waals surface area contributed by atoms with E-state index in [2.05, 4.69) is 24.5 Å². The lowest BCUT2D eigenvalue weighted by Crippen LogP contribution is -2.48. The number of nitrogens with one attached hydrogen (secondary N) is 2. The Morgan fingerprint density at radius 3 is 2.52 bits per heavy atom. The van der Waals surface area contributed by atoms with E-state index in [0.29, 0.717) is 50.8 Å². The Labute approximate surface area is 198 Å². The zero-order valence-corrected chi connectivity index (χ0v) is 20.5. The Morgan fingerprint density at radius 1 is 1.15 bits per heavy atom. The number of ether oxygens (including phenoxy) is 3. The van der Waals surface area contributed by atoms with Crippen LogP contribution in [0.2, 0.25) is 0 Å². The molecule has 0 saturated heterocycles. The highest BCUT2D eigenvalue weighted by molar-refractivity contribution is 5.64. The van der Waals surface area contributed by atoms with Crippen LogP contribution in [0.15, 0.2) is 18.2 Å². The smallest absolute Gasteiger partial charge is 0.404 e. The van der Waals surface area contributed by atoms with Crippen molar-refractivity contribution in [2.24, 2.45) is 17.6 Å². The number of carboxylic acid groups (broad SMARTS) is 1. The Bertz CT molecular complexity index is 674. The molecule has 0 aliphatic rings. The fraction of sp³-hybridized carbons (Fsp3) is 0.708. The van der Waals surface area contributed by atoms with Crippen LogP contribution in [-0.2, 0) is 11.2 Å². The monoisotopic (exact) mass is 469 g/mol. The Hall–Kier alpha value is -2.07. The number of carbonyl (C=O) groups is 1. The molecular formula is C24H43N3O6. The van der Waals surface area contributed by atoms with Crippen LogP contribution in [0.3, 0.4) is 0 Å². The third kappa shape index (κ3) is 11.6. The van der Waals surface area contributed by atoms with E-state index in [0.717, 1.165) is 24.8 Å². The van der Waals surface area contributed by atoms with Gasteiger partial charge in [0, 0.05) is 26.7 Å². The van der Waals surface area contributed by atoms with Crippen LogP contribution in [0.5, 0.6) is 11.5 Å². The van der Waals surface area contributed by atoms with Gasteiger partial charge in [-0.15, -0.1) is 0 Å². The lowest BCUT2D eigenvalue weighted by molar-refractivity contribution is 0.101. The Balaban J connectivity index is 2.89. The number of hydrogen-bond donors (Lipinski definition) is 5. The number of amides is 1. The highest BCUT2D eigenvalue weighted by Gasteiger charge is 2.27. The summed E-state index contributed by atoms with van der Waals surface area (Å²) < 4.78 is 16.4. The molecule has 0 radical (unpaired) electrons. The van der Waals surface area contributed by atoms with Gasteiger partial charge in [0.15, 0.2) is 11.5 Å². The summed E-state index contributed by atoms with van der Waals surface area (Å²) in [5.41, 5.74) is 6.57. The highest BCUT2D eigenvalue weighted by atomic mass is 16.5. The summed E-state index contributed by atoms with van der Waals surface area (Å²) in [5, 5.41) is 25.6. The van der Waals surface area contributed by atoms with Crippen LogP contribution in [-0.4, -0.2) is 75.5 Å². The summed E-state index contributed by atoms with van der Waals surface area (Å²) in [7, 11) is 3.27. The summed E-state index contributed by atoms with van der Waals surface area (Å²) in [6.45, 7) is 6.92. The quantitative estimate of drug-likeness (QED) is 0.207. The van der Waals surface area contributed by atoms with E-state index < -0.39 is 18.2 Å². The van der Waals surface area contributed by atoms with E-state index in [1.54, 1.807) is 14.2 Å². The molecule has 1 amide bonds. The summed E-state index contributed by atoms with van der Waals surface area (Å²) in [6.07, 6.45) is 0.834. The first-order valence-electron chi connectivity index (χ1n) is 11.7. The first-order valence-corrected chi connectivity index (χ1v) is 11.7. The maximum atomic E-state index is 11.4. The second kappa shape index (κ2) is 16.5. The number of aliphatic hydroxyl groups is 1. The fourth-order valence-corrected chi connectivity index (χ4v) is 3.66. The second-order valence-electron chi connectivity index (χ2n) is 8.59. The minimum Gasteiger partial charge on any atom is -0.493 e. The van der Waals surface area contributed by atoms with E-state index in [1.165, 1.54) is 0 Å². The van der Waals surface area contributed by atoms with Crippen molar-refractivity contribution in [1.29, 1.82) is 0 Å². The van der Waals surface area contributed by atoms with Crippen LogP contribution >= 0.6 is 0 Å². The number of nitrogens with two attached hydrogens (primary N) is 1. The van der Waals surface area contributed by atoms with Gasteiger partial charge in [0.2, 0.25) is 0 Å². The zero-order valence-electron chi connectivity index (χ0n) is 20.5. The van der Waals surface area contributed by atoms with Crippen LogP contribution in [0.1, 0.15) is 38.7 Å². The van der Waals surface area contributed by atoms with Gasteiger partial charge in [-0.1, -0.05) is 19.9 Å². The molecule has 0 fully saturated rings. The van der Waals surface area contributed by atoms with E-state index in [1.807, 2.05) is 18.2 Å². The van der Waals surface area contributed by atoms with E-state index >= 15 is 0 Å². The molecule has 9 heteroatoms. The minimum absolute atomic E-state index is 0.148. The van der Waals surface area contributed by atoms with Crippen molar-refractivity contribution in [2.75, 3.05) is 47.1 Å². The van der Waals surface area contributed by atoms with Crippen molar-refractivity contribution in [2.45, 2.75) is 51.7 Å². The van der Waals surface area contributed by atoms with Gasteiger partial charge < -0.3 is 40.8 Å². The maximum Gasteiger partial charge on any atom is 0.404 e. The fourth-order valence-electron chi connectivity index (χ4n) is 3.66. The normalized spacial score (nSPS) is 14.0. The first kappa shape index (κ1) is 29.0. The molecule has 3 atom stereocenters. The largest absolute Gasteiger partial charge is 0.493 e. The molecule has 1 aromatic rings. The Kier molecular flexibility index (Phi) is 14.5. The summed E-state index contributed by atoms with van der Waals surface area (Å²) >= 11 is 0. The third-order valence-electron chi connectivity index (χ3n) is 5.66. The lowest BCUT2D eigenvalue weighted by atomic mass is 9.83. The van der Waals surface area contributed by atoms with Crippen molar-refractivity contribution in [3.8, 4) is 11.5 Å². The molecule has 6 N–H and O–H groups in total. The van der Waals surface area contributed by atoms with E-state index in [4.69, 9.17) is 19.9 Å². The molecule has 0 aliphatic carbocycles. The summed E-state index contributed by atoms with van der Waals surface area (Å²) in [5.74, 6) is 1.78. The number of benzene rings is 1. The SMILES string of the molecule is COCCCOc1cc(CC(CC(NC(=O)O)[C@@H](O)CNCCCN)C(C)C)ccc1OC. The zero-order chi connectivity index (χ0) is 24.6. The molecule has 9 nitrogen and oxygen atoms in total. The molecule has 0 spiro atoms. The maximum absolute atomic E-state index is 11.4. The van der Waals surface area contributed by atoms with Crippen LogP contribution in [0, 0.1) is 11.8 Å². The van der Waals surface area contributed by atoms with Crippen molar-refractivity contribution in [3.05, 3.63) is 23.8 Å². The van der Waals surface area contributed by atoms with Gasteiger partial charge in [-0.25, -0.2) is 4.79 Å². The Morgan fingerprint density at radius 2 is 1.91 bits per heavy atom. The number of rotatable bonds is 18. The number of hydrogen-bond acceptors (Lipinski definition) is 7. The van der Waals surface area contributed by atoms with Gasteiger partial charge in [0.1, 0.15) is 0 Å². The van der Waals surface area contributed by atoms with Gasteiger partial charge in [0.25, 0.3) is 0 Å². The van der Waals surface area contributed by atoms with Crippen molar-refractivity contribution in [1.82, 2.24) is 10.6 Å². The van der Waals surface area contributed by atoms with Gasteiger partial charge in [-0.2, -0.15) is 0 Å². The van der Waals surface area contributed by atoms with Gasteiger partial charge in [0.05, 0.1) is 25.9 Å². The average Bonchev–Trinajstić information content (AvgIpc) is 2.78. The molecule has 1 aromatic carbocycles. The predicted octanol–water partition coefficient (Wildman–Crippen LogP) is 2.25. The standard InChI is InChI=1S/C24H43N3O6/c1-17(2)19(15-20(27-24(29)30)21(28)16-26-10-5-9-25)13-18-7-8-22(32-4)23(14-18)33-12-6-11-31-3/h7-8,14,17,19-21,26-28H,5-6,9-13,15-16,25H2,1-4H3,(H,29,30)/t19?,20?,21-/m0/s1. The van der Waals surface area contributed by atoms with Crippen molar-refractivity contribution >= 4 is 6.09 Å². The molecule has 0 saturated carbocycles. The van der Waals surface area contributed by atoms with Gasteiger partial charge in [-0.05, 0) is 61.9 Å². The third-order valence-corrected chi connectivity index (χ3v) is 5.66. The molecule has 0 aromatic heterocycles. The first-order chi connectivity index (χ1) is 15.8. The number of methoxy groups -OCH3 is 2. The molecular weight excluding hydrogens is 426 g/mol. The highest BCUT2D eigenvalue weighted by Crippen LogP contribution is 2.31. The average molecular weight is 470 g/mol. The predicted molar refractivity (Wildman–Crippen MR) is 129 cm³/mol. The van der Waals surface area contributed by atoms with Gasteiger partial charge in [-0.3, -0.25) is 0 Å². The van der Waals surface area contributed by atoms with E-state index in [-0.39, 0.29) is 11.8 Å². The minimum atomic E-state index is -1.14. The van der Waals surface area contributed by atoms with E-state index in [9.17, 15) is 15.0 Å². The molecule has 33 heavy (non-hydrogen) atoms. The molecule has 1 rings (SSSR count). The van der Waals surface area contributed by atoms with Crippen LogP contribution in [0.4, 0.5) is 4.79 Å². The lowest BCUT2D eigenvalue weighted by Gasteiger charge is -2.30. The van der Waals surface area contributed by atoms with Crippen LogP contribution in [0.25, 0.3) is 0 Å². The molecule has 0 bridgehead atoms. The topological polar surface area (TPSA) is 135 Å². The summed E-state index contributed by atoms with van der Waals surface area (Å²) in [4.78, 5) is 11.4. The van der Waals surface area contributed by atoms with Crippen LogP contribution < -0.4 is 25.8 Å². The molecule has 0 heterocycles. The molecule has 190 valence electrons. The number of aliphatic hydroxyl groups excluding tert-OH is 1. The molecule has 0 aliphatic heterocycles.